The number of carbonyl (C=O) groups is 2. The molecule has 1 saturated heterocycles. The minimum absolute atomic E-state index is 0.0393. The van der Waals surface area contributed by atoms with Crippen molar-refractivity contribution in [3.05, 3.63) is 77.7 Å². The maximum atomic E-state index is 13.4. The number of nitrogens with one attached hydrogen (secondary N) is 1. The van der Waals surface area contributed by atoms with Gasteiger partial charge in [-0.25, -0.2) is 14.5 Å². The number of fused-ring (bicyclic) bond motifs is 1. The Hall–Kier alpha value is -3.83. The van der Waals surface area contributed by atoms with Crippen LogP contribution in [-0.4, -0.2) is 47.0 Å². The van der Waals surface area contributed by atoms with Crippen molar-refractivity contribution < 1.29 is 40.7 Å². The van der Waals surface area contributed by atoms with Gasteiger partial charge in [-0.1, -0.05) is 37.8 Å². The highest BCUT2D eigenvalue weighted by Crippen LogP contribution is 2.34. The molecule has 2 heterocycles. The number of ether oxygens (including phenoxy) is 1. The van der Waals surface area contributed by atoms with Crippen LogP contribution in [-0.2, 0) is 11.3 Å². The summed E-state index contributed by atoms with van der Waals surface area (Å²) in [6, 6.07) is 6.57. The van der Waals surface area contributed by atoms with E-state index in [2.05, 4.69) is 16.9 Å². The van der Waals surface area contributed by atoms with Gasteiger partial charge in [-0.15, -0.1) is 0 Å². The first-order chi connectivity index (χ1) is 17.2. The van der Waals surface area contributed by atoms with E-state index < -0.39 is 47.6 Å². The lowest BCUT2D eigenvalue weighted by Gasteiger charge is -2.35. The van der Waals surface area contributed by atoms with Crippen LogP contribution < -0.4 is 5.32 Å². The van der Waals surface area contributed by atoms with E-state index in [4.69, 9.17) is 4.74 Å². The van der Waals surface area contributed by atoms with Crippen molar-refractivity contribution in [1.29, 1.82) is 0 Å². The van der Waals surface area contributed by atoms with Gasteiger partial charge >= 0.3 is 24.5 Å². The number of cyclic esters (lactones) is 1. The van der Waals surface area contributed by atoms with Gasteiger partial charge < -0.3 is 10.1 Å². The van der Waals surface area contributed by atoms with Crippen molar-refractivity contribution in [2.45, 2.75) is 38.8 Å². The molecule has 198 valence electrons. The Morgan fingerprint density at radius 3 is 2.49 bits per heavy atom. The zero-order valence-corrected chi connectivity index (χ0v) is 19.8. The van der Waals surface area contributed by atoms with Gasteiger partial charge in [-0.05, 0) is 35.6 Å². The summed E-state index contributed by atoms with van der Waals surface area (Å²) in [6.45, 7) is 5.32. The molecular weight excluding hydrogens is 504 g/mol. The maximum Gasteiger partial charge on any atom is 0.418 e. The third-order valence-corrected chi connectivity index (χ3v) is 5.71. The van der Waals surface area contributed by atoms with Crippen LogP contribution in [0.25, 0.3) is 10.8 Å². The van der Waals surface area contributed by atoms with Crippen LogP contribution in [0, 0.1) is 5.92 Å². The predicted octanol–water partition coefficient (Wildman–Crippen LogP) is 6.45. The molecule has 0 saturated carbocycles. The molecule has 1 fully saturated rings. The summed E-state index contributed by atoms with van der Waals surface area (Å²) in [5.41, 5.74) is -2.72. The Morgan fingerprint density at radius 1 is 1.16 bits per heavy atom. The van der Waals surface area contributed by atoms with Crippen molar-refractivity contribution in [2.24, 2.45) is 5.92 Å². The van der Waals surface area contributed by atoms with Gasteiger partial charge in [0.25, 0.3) is 0 Å². The summed E-state index contributed by atoms with van der Waals surface area (Å²) in [5, 5.41) is 4.30. The van der Waals surface area contributed by atoms with E-state index in [0.717, 1.165) is 15.7 Å². The molecule has 3 rings (SSSR count). The minimum atomic E-state index is -5.11. The van der Waals surface area contributed by atoms with Crippen LogP contribution in [0.3, 0.4) is 0 Å². The number of allylic oxidation sites excluding steroid dienone is 3. The van der Waals surface area contributed by atoms with Crippen LogP contribution in [0.1, 0.15) is 19.4 Å². The topological polar surface area (TPSA) is 71.5 Å². The second kappa shape index (κ2) is 10.7. The Kier molecular flexibility index (Phi) is 7.99. The molecule has 0 radical (unpaired) electrons. The van der Waals surface area contributed by atoms with E-state index in [1.54, 1.807) is 12.4 Å². The number of carbonyl (C=O) groups excluding carboxylic acids is 2. The fourth-order valence-corrected chi connectivity index (χ4v) is 3.74. The van der Waals surface area contributed by atoms with Gasteiger partial charge in [0.05, 0.1) is 5.57 Å². The molecule has 6 nitrogen and oxygen atoms in total. The fraction of sp³-hybridized carbons (Fsp3) is 0.320. The summed E-state index contributed by atoms with van der Waals surface area (Å²) in [4.78, 5) is 30.0. The van der Waals surface area contributed by atoms with E-state index in [-0.39, 0.29) is 24.7 Å². The van der Waals surface area contributed by atoms with Gasteiger partial charge in [0.1, 0.15) is 6.10 Å². The number of benzene rings is 1. The predicted molar refractivity (Wildman–Crippen MR) is 123 cm³/mol. The molecule has 3 amide bonds. The van der Waals surface area contributed by atoms with E-state index in [0.29, 0.717) is 18.6 Å². The quantitative estimate of drug-likeness (QED) is 0.358. The summed E-state index contributed by atoms with van der Waals surface area (Å²) in [6.07, 6.45) is -8.87. The number of rotatable bonds is 5. The largest absolute Gasteiger partial charge is 0.441 e. The number of urea groups is 1. The third-order valence-electron chi connectivity index (χ3n) is 5.71. The lowest BCUT2D eigenvalue weighted by atomic mass is 9.94. The van der Waals surface area contributed by atoms with Gasteiger partial charge in [0.15, 0.2) is 0 Å². The first-order valence-electron chi connectivity index (χ1n) is 11.0. The summed E-state index contributed by atoms with van der Waals surface area (Å²) in [5.74, 6) is -0.700. The average Bonchev–Trinajstić information content (AvgIpc) is 2.81. The highest BCUT2D eigenvalue weighted by atomic mass is 19.4. The lowest BCUT2D eigenvalue weighted by molar-refractivity contribution is -0.0954. The van der Waals surface area contributed by atoms with Crippen molar-refractivity contribution in [3.63, 3.8) is 0 Å². The lowest BCUT2D eigenvalue weighted by Crippen LogP contribution is -2.53. The average molecular weight is 527 g/mol. The maximum absolute atomic E-state index is 13.4. The Balaban J connectivity index is 1.71. The van der Waals surface area contributed by atoms with Crippen molar-refractivity contribution in [1.82, 2.24) is 15.2 Å². The van der Waals surface area contributed by atoms with E-state index >= 15 is 0 Å². The smallest absolute Gasteiger partial charge is 0.418 e. The van der Waals surface area contributed by atoms with Gasteiger partial charge in [0, 0.05) is 42.4 Å². The molecule has 2 aromatic rings. The van der Waals surface area contributed by atoms with Crippen LogP contribution in [0.4, 0.5) is 35.9 Å². The van der Waals surface area contributed by atoms with Crippen LogP contribution >= 0.6 is 0 Å². The monoisotopic (exact) mass is 527 g/mol. The van der Waals surface area contributed by atoms with Crippen molar-refractivity contribution in [2.75, 3.05) is 6.54 Å². The van der Waals surface area contributed by atoms with Gasteiger partial charge in [0.2, 0.25) is 0 Å². The fourth-order valence-electron chi connectivity index (χ4n) is 3.74. The van der Waals surface area contributed by atoms with Crippen LogP contribution in [0.15, 0.2) is 72.1 Å². The van der Waals surface area contributed by atoms with Gasteiger partial charge in [-0.2, -0.15) is 26.3 Å². The number of hydrogen-bond donors (Lipinski definition) is 1. The summed E-state index contributed by atoms with van der Waals surface area (Å²) in [7, 11) is 0. The SMILES string of the molecule is C=C(/C=C(\C=C(/C)C(F)(F)F)C(F)(F)F)[C@H]1OC(=O)N(C(=O)NCc2cncc3ccccc23)C[C@@H]1C. The van der Waals surface area contributed by atoms with Crippen molar-refractivity contribution >= 4 is 22.9 Å². The normalized spacial score (nSPS) is 19.6. The van der Waals surface area contributed by atoms with Crippen LogP contribution in [0.2, 0.25) is 0 Å². The van der Waals surface area contributed by atoms with E-state index in [1.165, 1.54) is 6.92 Å². The molecule has 2 atom stereocenters. The second-order valence-electron chi connectivity index (χ2n) is 8.57. The molecule has 1 aliphatic rings. The molecule has 0 aliphatic carbocycles. The number of pyridine rings is 1. The minimum Gasteiger partial charge on any atom is -0.441 e. The highest BCUT2D eigenvalue weighted by molar-refractivity contribution is 5.92. The number of nitrogens with zero attached hydrogens (tertiary/aromatic N) is 2. The molecule has 1 aromatic heterocycles. The number of aromatic nitrogens is 1. The molecule has 12 heteroatoms. The number of hydrogen-bond acceptors (Lipinski definition) is 4. The number of alkyl halides is 6. The third kappa shape index (κ3) is 6.69. The standard InChI is InChI=1S/C25H23F6N3O3/c1-14(8-19(25(29,30)31)9-16(3)24(26,27)28)21-15(2)13-34(23(36)37-21)22(35)33-12-18-11-32-10-17-6-4-5-7-20(17)18/h4-11,15,21H,1,12-13H2,2-3H3,(H,33,35)/b16-9+,19-8+/t15-,21+/m0/s1. The molecule has 0 unspecified atom stereocenters. The zero-order valence-electron chi connectivity index (χ0n) is 19.8. The molecule has 1 aliphatic heterocycles. The van der Waals surface area contributed by atoms with Crippen molar-refractivity contribution in [3.8, 4) is 0 Å². The first kappa shape index (κ1) is 27.8. The van der Waals surface area contributed by atoms with Crippen LogP contribution in [0.5, 0.6) is 0 Å². The van der Waals surface area contributed by atoms with E-state index in [9.17, 15) is 35.9 Å². The molecule has 0 bridgehead atoms. The number of halogens is 6. The molecule has 1 N–H and O–H groups in total. The molecule has 1 aromatic carbocycles. The van der Waals surface area contributed by atoms with E-state index in [1.807, 2.05) is 24.3 Å². The molecule has 37 heavy (non-hydrogen) atoms. The Labute approximate surface area is 208 Å². The summed E-state index contributed by atoms with van der Waals surface area (Å²) < 4.78 is 83.6. The first-order valence-corrected chi connectivity index (χ1v) is 11.0. The highest BCUT2D eigenvalue weighted by Gasteiger charge is 2.40. The van der Waals surface area contributed by atoms with Gasteiger partial charge in [-0.3, -0.25) is 4.98 Å². The molecular formula is C25H23F6N3O3. The molecule has 0 spiro atoms. The second-order valence-corrected chi connectivity index (χ2v) is 8.57. The Bertz CT molecular complexity index is 1260. The Morgan fingerprint density at radius 2 is 1.84 bits per heavy atom. The zero-order chi connectivity index (χ0) is 27.5. The number of amides is 3. The number of imide groups is 1. The summed E-state index contributed by atoms with van der Waals surface area (Å²) >= 11 is 0.